The number of nitrogens with one attached hydrogen (secondary N) is 1. The maximum absolute atomic E-state index is 12.8. The predicted octanol–water partition coefficient (Wildman–Crippen LogP) is 2.63. The molecule has 4 heteroatoms. The van der Waals surface area contributed by atoms with Gasteiger partial charge in [-0.1, -0.05) is 19.1 Å². The van der Waals surface area contributed by atoms with E-state index in [1.807, 2.05) is 0 Å². The minimum atomic E-state index is -0.394. The fraction of sp³-hybridized carbons (Fsp3) is 0.882. The largest absolute Gasteiger partial charge is 0.391 e. The second-order valence-corrected chi connectivity index (χ2v) is 8.57. The van der Waals surface area contributed by atoms with Gasteiger partial charge in [-0.25, -0.2) is 0 Å². The van der Waals surface area contributed by atoms with Crippen LogP contribution in [0.4, 0.5) is 0 Å². The molecule has 0 aromatic carbocycles. The summed E-state index contributed by atoms with van der Waals surface area (Å²) in [6, 6.07) is 0. The molecule has 4 fully saturated rings. The van der Waals surface area contributed by atoms with E-state index >= 15 is 0 Å². The van der Waals surface area contributed by atoms with E-state index in [0.29, 0.717) is 16.8 Å². The molecule has 3 N–H and O–H groups in total. The molecule has 0 spiro atoms. The van der Waals surface area contributed by atoms with Gasteiger partial charge in [0.05, 0.1) is 10.5 Å². The summed E-state index contributed by atoms with van der Waals surface area (Å²) in [6.45, 7) is 2.27. The number of thiocarbonyl (C=S) groups is 1. The Labute approximate surface area is 132 Å². The summed E-state index contributed by atoms with van der Waals surface area (Å²) in [6.07, 6.45) is 8.16. The third kappa shape index (κ3) is 2.05. The molecule has 4 aliphatic carbocycles. The Balaban J connectivity index is 1.45. The van der Waals surface area contributed by atoms with Crippen molar-refractivity contribution < 1.29 is 4.79 Å². The van der Waals surface area contributed by atoms with E-state index in [0.717, 1.165) is 43.4 Å². The van der Waals surface area contributed by atoms with Gasteiger partial charge in [-0.3, -0.25) is 4.79 Å². The van der Waals surface area contributed by atoms with Crippen molar-refractivity contribution in [3.8, 4) is 0 Å². The van der Waals surface area contributed by atoms with Crippen LogP contribution in [0.5, 0.6) is 0 Å². The van der Waals surface area contributed by atoms with Gasteiger partial charge in [0.1, 0.15) is 0 Å². The molecule has 3 nitrogen and oxygen atoms in total. The van der Waals surface area contributed by atoms with Gasteiger partial charge in [0.25, 0.3) is 0 Å². The quantitative estimate of drug-likeness (QED) is 0.788. The smallest absolute Gasteiger partial charge is 0.224 e. The molecule has 0 saturated heterocycles. The van der Waals surface area contributed by atoms with E-state index in [1.54, 1.807) is 0 Å². The number of amides is 1. The molecule has 4 aliphatic rings. The zero-order valence-corrected chi connectivity index (χ0v) is 13.6. The first-order valence-electron chi connectivity index (χ1n) is 8.64. The SMILES string of the molecule is CC1CCC(NC(=O)C2C3C4CCC(C4)C23)(C(N)=S)CC1. The highest BCUT2D eigenvalue weighted by atomic mass is 32.1. The summed E-state index contributed by atoms with van der Waals surface area (Å²) in [5.74, 6) is 4.31. The van der Waals surface area contributed by atoms with Crippen molar-refractivity contribution in [1.29, 1.82) is 0 Å². The molecule has 0 aliphatic heterocycles. The first-order chi connectivity index (χ1) is 10.0. The molecule has 0 aromatic heterocycles. The fourth-order valence-corrected chi connectivity index (χ4v) is 5.94. The summed E-state index contributed by atoms with van der Waals surface area (Å²) in [5.41, 5.74) is 5.62. The van der Waals surface area contributed by atoms with Gasteiger partial charge in [-0.05, 0) is 74.5 Å². The standard InChI is InChI=1S/C17H26N2OS/c1-9-4-6-17(7-5-9,16(18)21)19-15(20)14-12-10-2-3-11(8-10)13(12)14/h9-14H,2-8H2,1H3,(H2,18,21)(H,19,20). The van der Waals surface area contributed by atoms with Crippen molar-refractivity contribution in [2.45, 2.75) is 57.4 Å². The molecule has 0 aromatic rings. The van der Waals surface area contributed by atoms with Gasteiger partial charge in [0.2, 0.25) is 5.91 Å². The van der Waals surface area contributed by atoms with Gasteiger partial charge >= 0.3 is 0 Å². The average molecular weight is 306 g/mol. The van der Waals surface area contributed by atoms with Crippen LogP contribution in [0.3, 0.4) is 0 Å². The summed E-state index contributed by atoms with van der Waals surface area (Å²) in [7, 11) is 0. The van der Waals surface area contributed by atoms with E-state index in [-0.39, 0.29) is 11.8 Å². The average Bonchev–Trinajstić information content (AvgIpc) is 2.90. The van der Waals surface area contributed by atoms with Crippen molar-refractivity contribution in [3.05, 3.63) is 0 Å². The monoisotopic (exact) mass is 306 g/mol. The van der Waals surface area contributed by atoms with Crippen LogP contribution in [0.1, 0.15) is 51.9 Å². The van der Waals surface area contributed by atoms with Crippen LogP contribution in [-0.2, 0) is 4.79 Å². The van der Waals surface area contributed by atoms with Crippen LogP contribution in [0.15, 0.2) is 0 Å². The van der Waals surface area contributed by atoms with Gasteiger partial charge in [-0.15, -0.1) is 0 Å². The second-order valence-electron chi connectivity index (χ2n) is 8.13. The number of carbonyl (C=O) groups is 1. The zero-order valence-electron chi connectivity index (χ0n) is 12.8. The Morgan fingerprint density at radius 3 is 2.24 bits per heavy atom. The molecule has 0 radical (unpaired) electrons. The Bertz CT molecular complexity index is 467. The van der Waals surface area contributed by atoms with E-state index in [4.69, 9.17) is 18.0 Å². The minimum Gasteiger partial charge on any atom is -0.391 e. The second kappa shape index (κ2) is 4.68. The van der Waals surface area contributed by atoms with E-state index in [1.165, 1.54) is 19.3 Å². The molecule has 0 heterocycles. The van der Waals surface area contributed by atoms with Gasteiger partial charge in [0, 0.05) is 5.92 Å². The lowest BCUT2D eigenvalue weighted by molar-refractivity contribution is -0.124. The summed E-state index contributed by atoms with van der Waals surface area (Å²) in [5, 5.41) is 3.31. The third-order valence-corrected chi connectivity index (χ3v) is 7.39. The first-order valence-corrected chi connectivity index (χ1v) is 9.04. The molecule has 4 rings (SSSR count). The molecular weight excluding hydrogens is 280 g/mol. The predicted molar refractivity (Wildman–Crippen MR) is 86.6 cm³/mol. The molecule has 4 atom stereocenters. The van der Waals surface area contributed by atoms with Crippen molar-refractivity contribution in [3.63, 3.8) is 0 Å². The number of fused-ring (bicyclic) bond motifs is 5. The Morgan fingerprint density at radius 1 is 1.14 bits per heavy atom. The van der Waals surface area contributed by atoms with Gasteiger partial charge < -0.3 is 11.1 Å². The number of nitrogens with two attached hydrogens (primary N) is 1. The molecular formula is C17H26N2OS. The van der Waals surface area contributed by atoms with Gasteiger partial charge in [-0.2, -0.15) is 0 Å². The normalized spacial score (nSPS) is 50.5. The van der Waals surface area contributed by atoms with Gasteiger partial charge in [0.15, 0.2) is 0 Å². The van der Waals surface area contributed by atoms with Crippen molar-refractivity contribution >= 4 is 23.1 Å². The number of carbonyl (C=O) groups excluding carboxylic acids is 1. The summed E-state index contributed by atoms with van der Waals surface area (Å²) < 4.78 is 0. The van der Waals surface area contributed by atoms with Crippen LogP contribution >= 0.6 is 12.2 Å². The van der Waals surface area contributed by atoms with Crippen molar-refractivity contribution in [2.24, 2.45) is 41.2 Å². The summed E-state index contributed by atoms with van der Waals surface area (Å²) >= 11 is 5.31. The van der Waals surface area contributed by atoms with E-state index in [9.17, 15) is 4.79 Å². The third-order valence-electron chi connectivity index (χ3n) is 7.00. The van der Waals surface area contributed by atoms with E-state index < -0.39 is 5.54 Å². The van der Waals surface area contributed by atoms with Crippen molar-refractivity contribution in [2.75, 3.05) is 0 Å². The molecule has 2 bridgehead atoms. The maximum Gasteiger partial charge on any atom is 0.224 e. The first kappa shape index (κ1) is 14.0. The van der Waals surface area contributed by atoms with Crippen LogP contribution in [0, 0.1) is 35.5 Å². The molecule has 116 valence electrons. The van der Waals surface area contributed by atoms with Crippen LogP contribution in [0.2, 0.25) is 0 Å². The highest BCUT2D eigenvalue weighted by Gasteiger charge is 2.67. The van der Waals surface area contributed by atoms with Crippen LogP contribution in [0.25, 0.3) is 0 Å². The molecule has 21 heavy (non-hydrogen) atoms. The zero-order chi connectivity index (χ0) is 14.8. The molecule has 1 amide bonds. The number of hydrogen-bond donors (Lipinski definition) is 2. The summed E-state index contributed by atoms with van der Waals surface area (Å²) in [4.78, 5) is 13.3. The van der Waals surface area contributed by atoms with Crippen LogP contribution < -0.4 is 11.1 Å². The highest BCUT2D eigenvalue weighted by Crippen LogP contribution is 2.69. The Morgan fingerprint density at radius 2 is 1.71 bits per heavy atom. The fourth-order valence-electron chi connectivity index (χ4n) is 5.68. The topological polar surface area (TPSA) is 55.1 Å². The van der Waals surface area contributed by atoms with E-state index in [2.05, 4.69) is 12.2 Å². The molecule has 4 unspecified atom stereocenters. The highest BCUT2D eigenvalue weighted by molar-refractivity contribution is 7.80. The Hall–Kier alpha value is -0.640. The lowest BCUT2D eigenvalue weighted by atomic mass is 9.77. The minimum absolute atomic E-state index is 0.254. The lowest BCUT2D eigenvalue weighted by Gasteiger charge is -2.39. The number of rotatable bonds is 3. The maximum atomic E-state index is 12.8. The number of hydrogen-bond acceptors (Lipinski definition) is 2. The van der Waals surface area contributed by atoms with Crippen molar-refractivity contribution in [1.82, 2.24) is 5.32 Å². The lowest BCUT2D eigenvalue weighted by Crippen LogP contribution is -2.58. The Kier molecular flexibility index (Phi) is 3.11. The molecule has 4 saturated carbocycles. The van der Waals surface area contributed by atoms with Crippen LogP contribution in [-0.4, -0.2) is 16.4 Å².